The Labute approximate surface area is 120 Å². The summed E-state index contributed by atoms with van der Waals surface area (Å²) in [6, 6.07) is 5.43. The number of halogens is 1. The van der Waals surface area contributed by atoms with Crippen LogP contribution in [0.1, 0.15) is 15.9 Å². The number of hydrogen-bond acceptors (Lipinski definition) is 6. The number of carboxylic acid groups (broad SMARTS) is 1. The van der Waals surface area contributed by atoms with E-state index in [-0.39, 0.29) is 17.3 Å². The van der Waals surface area contributed by atoms with Crippen LogP contribution < -0.4 is 17.2 Å². The first-order valence-electron chi connectivity index (χ1n) is 5.44. The molecule has 20 heavy (non-hydrogen) atoms. The molecule has 106 valence electrons. The Morgan fingerprint density at radius 2 is 1.95 bits per heavy atom. The molecule has 0 aliphatic rings. The summed E-state index contributed by atoms with van der Waals surface area (Å²) in [4.78, 5) is 17.3. The fourth-order valence-electron chi connectivity index (χ4n) is 1.24. The summed E-state index contributed by atoms with van der Waals surface area (Å²) in [5.74, 6) is -1.32. The molecule has 2 rings (SSSR count). The highest BCUT2D eigenvalue weighted by atomic mass is 35.5. The van der Waals surface area contributed by atoms with Crippen molar-refractivity contribution in [3.05, 3.63) is 40.5 Å². The summed E-state index contributed by atoms with van der Waals surface area (Å²) in [5.41, 5.74) is 17.5. The van der Waals surface area contributed by atoms with Crippen LogP contribution >= 0.6 is 11.6 Å². The maximum atomic E-state index is 10.3. The summed E-state index contributed by atoms with van der Waals surface area (Å²) in [5, 5.41) is 9.22. The lowest BCUT2D eigenvalue weighted by atomic mass is 10.2. The van der Waals surface area contributed by atoms with Gasteiger partial charge in [0.2, 0.25) is 5.95 Å². The van der Waals surface area contributed by atoms with Gasteiger partial charge < -0.3 is 22.3 Å². The minimum Gasteiger partial charge on any atom is -0.477 e. The molecule has 1 heterocycles. The smallest absolute Gasteiger partial charge is 0.341 e. The number of benzene rings is 1. The standard InChI is InChI=1S/C7H8ClN.C5H6N4O2/c1-5-4-6(9)2-3-7(5)8;6-3-2(4(10)11)1-8-5(7)9-3/h2-4H,9H2,1H3;1H,(H,10,11)(H4,6,7,8,9). The number of nitrogen functional groups attached to an aromatic ring is 3. The highest BCUT2D eigenvalue weighted by molar-refractivity contribution is 6.31. The lowest BCUT2D eigenvalue weighted by Gasteiger charge is -1.97. The van der Waals surface area contributed by atoms with Crippen molar-refractivity contribution in [1.82, 2.24) is 9.97 Å². The third-order valence-corrected chi connectivity index (χ3v) is 2.67. The maximum absolute atomic E-state index is 10.3. The van der Waals surface area contributed by atoms with Gasteiger partial charge in [-0.25, -0.2) is 9.78 Å². The molecule has 1 aromatic carbocycles. The first-order valence-corrected chi connectivity index (χ1v) is 5.82. The number of hydrogen-bond donors (Lipinski definition) is 4. The topological polar surface area (TPSA) is 141 Å². The Kier molecular flexibility index (Phi) is 5.10. The van der Waals surface area contributed by atoms with Crippen molar-refractivity contribution < 1.29 is 9.90 Å². The largest absolute Gasteiger partial charge is 0.477 e. The van der Waals surface area contributed by atoms with Gasteiger partial charge in [-0.05, 0) is 30.7 Å². The average molecular weight is 296 g/mol. The van der Waals surface area contributed by atoms with Crippen LogP contribution in [0.5, 0.6) is 0 Å². The maximum Gasteiger partial charge on any atom is 0.341 e. The fraction of sp³-hybridized carbons (Fsp3) is 0.0833. The second kappa shape index (κ2) is 6.58. The molecule has 0 bridgehead atoms. The third kappa shape index (κ3) is 4.29. The second-order valence-corrected chi connectivity index (χ2v) is 4.25. The van der Waals surface area contributed by atoms with Crippen molar-refractivity contribution in [2.45, 2.75) is 6.92 Å². The van der Waals surface area contributed by atoms with Crippen LogP contribution in [0, 0.1) is 6.92 Å². The lowest BCUT2D eigenvalue weighted by Crippen LogP contribution is -2.07. The predicted octanol–water partition coefficient (Wildman–Crippen LogP) is 1.57. The molecule has 0 saturated heterocycles. The molecular weight excluding hydrogens is 282 g/mol. The first-order chi connectivity index (χ1) is 9.31. The lowest BCUT2D eigenvalue weighted by molar-refractivity contribution is 0.0697. The van der Waals surface area contributed by atoms with E-state index in [9.17, 15) is 4.79 Å². The molecule has 0 unspecified atom stereocenters. The van der Waals surface area contributed by atoms with Crippen LogP contribution in [-0.4, -0.2) is 21.0 Å². The van der Waals surface area contributed by atoms with E-state index in [0.29, 0.717) is 0 Å². The first kappa shape index (κ1) is 15.5. The minimum atomic E-state index is -1.16. The number of aromatic nitrogens is 2. The van der Waals surface area contributed by atoms with Gasteiger partial charge in [-0.2, -0.15) is 4.98 Å². The molecule has 1 aromatic heterocycles. The van der Waals surface area contributed by atoms with E-state index in [4.69, 9.17) is 33.9 Å². The van der Waals surface area contributed by atoms with Gasteiger partial charge in [0.25, 0.3) is 0 Å². The molecule has 0 aliphatic heterocycles. The number of anilines is 3. The number of nitrogens with two attached hydrogens (primary N) is 3. The number of nitrogens with zero attached hydrogens (tertiary/aromatic N) is 2. The molecule has 0 fully saturated rings. The van der Waals surface area contributed by atoms with Crippen LogP contribution in [0.15, 0.2) is 24.4 Å². The molecule has 0 saturated carbocycles. The Bertz CT molecular complexity index is 633. The molecule has 2 aromatic rings. The number of rotatable bonds is 1. The van der Waals surface area contributed by atoms with E-state index < -0.39 is 5.97 Å². The van der Waals surface area contributed by atoms with Crippen molar-refractivity contribution >= 4 is 35.0 Å². The van der Waals surface area contributed by atoms with Gasteiger partial charge in [0.15, 0.2) is 0 Å². The molecule has 7 N–H and O–H groups in total. The average Bonchev–Trinajstić information content (AvgIpc) is 2.34. The zero-order valence-electron chi connectivity index (χ0n) is 10.7. The quantitative estimate of drug-likeness (QED) is 0.585. The van der Waals surface area contributed by atoms with Crippen LogP contribution in [0.4, 0.5) is 17.5 Å². The molecule has 0 atom stereocenters. The van der Waals surface area contributed by atoms with E-state index >= 15 is 0 Å². The SMILES string of the molecule is Cc1cc(N)ccc1Cl.Nc1ncc(C(=O)O)c(N)n1. The summed E-state index contributed by atoms with van der Waals surface area (Å²) >= 11 is 5.73. The van der Waals surface area contributed by atoms with Crippen LogP contribution in [-0.2, 0) is 0 Å². The summed E-state index contributed by atoms with van der Waals surface area (Å²) in [6.07, 6.45) is 1.07. The monoisotopic (exact) mass is 295 g/mol. The highest BCUT2D eigenvalue weighted by Crippen LogP contribution is 2.16. The van der Waals surface area contributed by atoms with Gasteiger partial charge >= 0.3 is 5.97 Å². The van der Waals surface area contributed by atoms with E-state index in [1.807, 2.05) is 13.0 Å². The normalized spacial score (nSPS) is 9.50. The van der Waals surface area contributed by atoms with Crippen LogP contribution in [0.3, 0.4) is 0 Å². The van der Waals surface area contributed by atoms with E-state index in [0.717, 1.165) is 22.5 Å². The summed E-state index contributed by atoms with van der Waals surface area (Å²) in [7, 11) is 0. The van der Waals surface area contributed by atoms with E-state index in [1.165, 1.54) is 0 Å². The van der Waals surface area contributed by atoms with Gasteiger partial charge in [-0.15, -0.1) is 0 Å². The fourth-order valence-corrected chi connectivity index (χ4v) is 1.36. The van der Waals surface area contributed by atoms with E-state index in [2.05, 4.69) is 9.97 Å². The molecule has 0 spiro atoms. The van der Waals surface area contributed by atoms with Crippen molar-refractivity contribution in [2.75, 3.05) is 17.2 Å². The van der Waals surface area contributed by atoms with Gasteiger partial charge in [0, 0.05) is 16.9 Å². The predicted molar refractivity (Wildman–Crippen MR) is 78.4 cm³/mol. The van der Waals surface area contributed by atoms with Gasteiger partial charge in [-0.3, -0.25) is 0 Å². The van der Waals surface area contributed by atoms with Crippen molar-refractivity contribution in [3.8, 4) is 0 Å². The Morgan fingerprint density at radius 1 is 1.30 bits per heavy atom. The van der Waals surface area contributed by atoms with E-state index in [1.54, 1.807) is 12.1 Å². The van der Waals surface area contributed by atoms with Crippen molar-refractivity contribution in [3.63, 3.8) is 0 Å². The van der Waals surface area contributed by atoms with Gasteiger partial charge in [0.05, 0.1) is 0 Å². The van der Waals surface area contributed by atoms with Crippen molar-refractivity contribution in [2.24, 2.45) is 0 Å². The van der Waals surface area contributed by atoms with Gasteiger partial charge in [0.1, 0.15) is 11.4 Å². The molecular formula is C12H14ClN5O2. The second-order valence-electron chi connectivity index (χ2n) is 3.84. The molecule has 0 radical (unpaired) electrons. The number of aromatic carboxylic acids is 1. The minimum absolute atomic E-state index is 0.0347. The number of aryl methyl sites for hydroxylation is 1. The Morgan fingerprint density at radius 3 is 2.40 bits per heavy atom. The van der Waals surface area contributed by atoms with Crippen molar-refractivity contribution in [1.29, 1.82) is 0 Å². The Balaban J connectivity index is 0.000000204. The molecule has 7 nitrogen and oxygen atoms in total. The molecule has 0 amide bonds. The zero-order chi connectivity index (χ0) is 15.3. The van der Waals surface area contributed by atoms with Gasteiger partial charge in [-0.1, -0.05) is 11.6 Å². The van der Waals surface area contributed by atoms with Crippen LogP contribution in [0.2, 0.25) is 5.02 Å². The molecule has 0 aliphatic carbocycles. The number of carboxylic acids is 1. The zero-order valence-corrected chi connectivity index (χ0v) is 11.4. The molecule has 8 heteroatoms. The Hall–Kier alpha value is -2.54. The third-order valence-electron chi connectivity index (χ3n) is 2.25. The highest BCUT2D eigenvalue weighted by Gasteiger charge is 2.08. The summed E-state index contributed by atoms with van der Waals surface area (Å²) < 4.78 is 0. The summed E-state index contributed by atoms with van der Waals surface area (Å²) in [6.45, 7) is 1.93. The van der Waals surface area contributed by atoms with Crippen LogP contribution in [0.25, 0.3) is 0 Å². The number of carbonyl (C=O) groups is 1.